The summed E-state index contributed by atoms with van der Waals surface area (Å²) in [6, 6.07) is 11.4. The molecule has 112 valence electrons. The second-order valence-corrected chi connectivity index (χ2v) is 5.18. The molecule has 0 atom stereocenters. The van der Waals surface area contributed by atoms with Gasteiger partial charge in [-0.05, 0) is 60.3 Å². The van der Waals surface area contributed by atoms with Gasteiger partial charge in [-0.25, -0.2) is 4.39 Å². The van der Waals surface area contributed by atoms with E-state index in [0.29, 0.717) is 0 Å². The predicted octanol–water partition coefficient (Wildman–Crippen LogP) is 4.31. The molecule has 0 aliphatic heterocycles. The van der Waals surface area contributed by atoms with E-state index in [0.717, 1.165) is 36.2 Å². The summed E-state index contributed by atoms with van der Waals surface area (Å²) in [4.78, 5) is 0. The van der Waals surface area contributed by atoms with E-state index in [4.69, 9.17) is 4.74 Å². The van der Waals surface area contributed by atoms with Crippen LogP contribution in [0.15, 0.2) is 36.4 Å². The lowest BCUT2D eigenvalue weighted by atomic mass is 9.98. The van der Waals surface area contributed by atoms with Crippen molar-refractivity contribution in [3.63, 3.8) is 0 Å². The van der Waals surface area contributed by atoms with E-state index in [1.54, 1.807) is 6.07 Å². The Labute approximate surface area is 126 Å². The summed E-state index contributed by atoms with van der Waals surface area (Å²) in [5.41, 5.74) is 4.29. The summed E-state index contributed by atoms with van der Waals surface area (Å²) in [5.74, 6) is -0.0546. The van der Waals surface area contributed by atoms with Crippen LogP contribution >= 0.6 is 0 Å². The van der Waals surface area contributed by atoms with Crippen LogP contribution in [0.25, 0.3) is 11.1 Å². The maximum atomic E-state index is 13.9. The molecule has 0 radical (unpaired) electrons. The fourth-order valence-electron chi connectivity index (χ4n) is 2.33. The zero-order chi connectivity index (χ0) is 15.2. The summed E-state index contributed by atoms with van der Waals surface area (Å²) in [6.45, 7) is 6.02. The molecular weight excluding hydrogens is 265 g/mol. The maximum Gasteiger partial charge on any atom is 0.165 e. The molecule has 0 spiro atoms. The van der Waals surface area contributed by atoms with Gasteiger partial charge in [0.15, 0.2) is 11.6 Å². The van der Waals surface area contributed by atoms with Crippen molar-refractivity contribution in [2.45, 2.75) is 26.8 Å². The van der Waals surface area contributed by atoms with Gasteiger partial charge in [0.25, 0.3) is 0 Å². The number of halogens is 1. The zero-order valence-electron chi connectivity index (χ0n) is 12.9. The summed E-state index contributed by atoms with van der Waals surface area (Å²) >= 11 is 0. The smallest absolute Gasteiger partial charge is 0.165 e. The number of methoxy groups -OCH3 is 1. The first-order chi connectivity index (χ1) is 10.2. The lowest BCUT2D eigenvalue weighted by Crippen LogP contribution is -2.13. The van der Waals surface area contributed by atoms with Crippen LogP contribution in [0.1, 0.15) is 24.5 Å². The van der Waals surface area contributed by atoms with Gasteiger partial charge in [-0.2, -0.15) is 0 Å². The second kappa shape index (κ2) is 7.23. The average molecular weight is 287 g/mol. The van der Waals surface area contributed by atoms with Crippen LogP contribution in [0.3, 0.4) is 0 Å². The number of hydrogen-bond acceptors (Lipinski definition) is 2. The highest BCUT2D eigenvalue weighted by Crippen LogP contribution is 2.28. The van der Waals surface area contributed by atoms with Gasteiger partial charge in [-0.15, -0.1) is 0 Å². The molecule has 3 heteroatoms. The summed E-state index contributed by atoms with van der Waals surface area (Å²) in [6.07, 6.45) is 1.11. The minimum absolute atomic E-state index is 0.275. The molecule has 0 fully saturated rings. The molecule has 0 bridgehead atoms. The van der Waals surface area contributed by atoms with Gasteiger partial charge in [0.05, 0.1) is 7.11 Å². The van der Waals surface area contributed by atoms with Gasteiger partial charge < -0.3 is 10.1 Å². The summed E-state index contributed by atoms with van der Waals surface area (Å²) in [5, 5.41) is 3.39. The molecule has 21 heavy (non-hydrogen) atoms. The second-order valence-electron chi connectivity index (χ2n) is 5.18. The molecule has 2 aromatic carbocycles. The molecule has 1 N–H and O–H groups in total. The van der Waals surface area contributed by atoms with E-state index in [9.17, 15) is 4.39 Å². The molecule has 2 rings (SSSR count). The number of nitrogens with one attached hydrogen (secondary N) is 1. The van der Waals surface area contributed by atoms with Crippen LogP contribution in [-0.2, 0) is 6.54 Å². The molecule has 0 aliphatic carbocycles. The number of benzene rings is 2. The quantitative estimate of drug-likeness (QED) is 0.799. The van der Waals surface area contributed by atoms with Gasteiger partial charge in [0, 0.05) is 6.54 Å². The number of ether oxygens (including phenoxy) is 1. The van der Waals surface area contributed by atoms with Crippen molar-refractivity contribution in [2.75, 3.05) is 13.7 Å². The third-order valence-corrected chi connectivity index (χ3v) is 3.52. The zero-order valence-corrected chi connectivity index (χ0v) is 12.9. The Hall–Kier alpha value is -1.87. The Morgan fingerprint density at radius 2 is 1.95 bits per heavy atom. The first-order valence-corrected chi connectivity index (χ1v) is 7.30. The number of aryl methyl sites for hydroxylation is 1. The molecule has 0 saturated carbocycles. The Morgan fingerprint density at radius 1 is 1.14 bits per heavy atom. The van der Waals surface area contributed by atoms with Crippen LogP contribution in [0.4, 0.5) is 4.39 Å². The van der Waals surface area contributed by atoms with Crippen molar-refractivity contribution in [2.24, 2.45) is 0 Å². The Kier molecular flexibility index (Phi) is 5.34. The topological polar surface area (TPSA) is 21.3 Å². The molecule has 2 aromatic rings. The highest BCUT2D eigenvalue weighted by molar-refractivity contribution is 5.68. The molecule has 0 aromatic heterocycles. The van der Waals surface area contributed by atoms with E-state index in [2.05, 4.69) is 30.4 Å². The maximum absolute atomic E-state index is 13.9. The van der Waals surface area contributed by atoms with E-state index >= 15 is 0 Å². The van der Waals surface area contributed by atoms with Crippen molar-refractivity contribution < 1.29 is 9.13 Å². The Bertz CT molecular complexity index is 610. The molecule has 0 unspecified atom stereocenters. The van der Waals surface area contributed by atoms with Crippen molar-refractivity contribution in [3.05, 3.63) is 53.3 Å². The highest BCUT2D eigenvalue weighted by atomic mass is 19.1. The van der Waals surface area contributed by atoms with Crippen molar-refractivity contribution >= 4 is 0 Å². The third kappa shape index (κ3) is 3.82. The molecule has 2 nitrogen and oxygen atoms in total. The van der Waals surface area contributed by atoms with Crippen molar-refractivity contribution in [1.29, 1.82) is 0 Å². The van der Waals surface area contributed by atoms with Crippen LogP contribution in [-0.4, -0.2) is 13.7 Å². The SMILES string of the molecule is CCCNCc1ccc(C)c(-c2ccc(OC)c(F)c2)c1. The predicted molar refractivity (Wildman–Crippen MR) is 85.1 cm³/mol. The summed E-state index contributed by atoms with van der Waals surface area (Å²) in [7, 11) is 1.48. The van der Waals surface area contributed by atoms with E-state index in [1.165, 1.54) is 18.7 Å². The first kappa shape index (κ1) is 15.5. The summed E-state index contributed by atoms with van der Waals surface area (Å²) < 4.78 is 18.8. The average Bonchev–Trinajstić information content (AvgIpc) is 2.49. The highest BCUT2D eigenvalue weighted by Gasteiger charge is 2.08. The molecule has 0 amide bonds. The lowest BCUT2D eigenvalue weighted by Gasteiger charge is -2.11. The van der Waals surface area contributed by atoms with E-state index in [-0.39, 0.29) is 11.6 Å². The van der Waals surface area contributed by atoms with Gasteiger partial charge >= 0.3 is 0 Å². The van der Waals surface area contributed by atoms with Crippen molar-refractivity contribution in [1.82, 2.24) is 5.32 Å². The largest absolute Gasteiger partial charge is 0.494 e. The van der Waals surface area contributed by atoms with Crippen LogP contribution in [0.2, 0.25) is 0 Å². The van der Waals surface area contributed by atoms with Crippen molar-refractivity contribution in [3.8, 4) is 16.9 Å². The lowest BCUT2D eigenvalue weighted by molar-refractivity contribution is 0.386. The van der Waals surface area contributed by atoms with Crippen LogP contribution in [0.5, 0.6) is 5.75 Å². The van der Waals surface area contributed by atoms with Gasteiger partial charge in [0.1, 0.15) is 0 Å². The minimum Gasteiger partial charge on any atom is -0.494 e. The first-order valence-electron chi connectivity index (χ1n) is 7.30. The van der Waals surface area contributed by atoms with E-state index in [1.807, 2.05) is 13.0 Å². The van der Waals surface area contributed by atoms with Gasteiger partial charge in [-0.1, -0.05) is 25.1 Å². The minimum atomic E-state index is -0.330. The fraction of sp³-hybridized carbons (Fsp3) is 0.333. The van der Waals surface area contributed by atoms with Gasteiger partial charge in [-0.3, -0.25) is 0 Å². The standard InChI is InChI=1S/C18H22FNO/c1-4-9-20-12-14-6-5-13(2)16(10-14)15-7-8-18(21-3)17(19)11-15/h5-8,10-11,20H,4,9,12H2,1-3H3. The van der Waals surface area contributed by atoms with Gasteiger partial charge in [0.2, 0.25) is 0 Å². The fourth-order valence-corrected chi connectivity index (χ4v) is 2.33. The Morgan fingerprint density at radius 3 is 2.62 bits per heavy atom. The van der Waals surface area contributed by atoms with Crippen LogP contribution in [0, 0.1) is 12.7 Å². The molecule has 0 saturated heterocycles. The number of rotatable bonds is 6. The molecule has 0 heterocycles. The van der Waals surface area contributed by atoms with E-state index < -0.39 is 0 Å². The monoisotopic (exact) mass is 287 g/mol. The molecular formula is C18H22FNO. The normalized spacial score (nSPS) is 10.7. The molecule has 0 aliphatic rings. The van der Waals surface area contributed by atoms with Crippen LogP contribution < -0.4 is 10.1 Å². The Balaban J connectivity index is 2.29. The number of hydrogen-bond donors (Lipinski definition) is 1. The third-order valence-electron chi connectivity index (χ3n) is 3.52.